The molecule has 0 saturated carbocycles. The molecule has 0 atom stereocenters. The Labute approximate surface area is 89.9 Å². The maximum Gasteiger partial charge on any atom is 0.199 e. The van der Waals surface area contributed by atoms with Crippen molar-refractivity contribution in [3.8, 4) is 0 Å². The molecule has 0 bridgehead atoms. The molecule has 0 fully saturated rings. The summed E-state index contributed by atoms with van der Waals surface area (Å²) in [5, 5.41) is 0.589. The highest BCUT2D eigenvalue weighted by Gasteiger charge is 1.99. The van der Waals surface area contributed by atoms with Gasteiger partial charge in [0.2, 0.25) is 0 Å². The number of rotatable bonds is 7. The van der Waals surface area contributed by atoms with E-state index in [4.69, 9.17) is 5.73 Å². The molecule has 1 rings (SSSR count). The van der Waals surface area contributed by atoms with Gasteiger partial charge in [-0.25, -0.2) is 4.98 Å². The van der Waals surface area contributed by atoms with Crippen LogP contribution in [0.15, 0.2) is 0 Å². The Balaban J connectivity index is 1.99. The Bertz CT molecular complexity index is 247. The summed E-state index contributed by atoms with van der Waals surface area (Å²) >= 11 is 1.29. The van der Waals surface area contributed by atoms with Crippen LogP contribution in [0.4, 0.5) is 5.13 Å². The Morgan fingerprint density at radius 3 is 2.50 bits per heavy atom. The Morgan fingerprint density at radius 1 is 1.14 bits per heavy atom. The monoisotopic (exact) mass is 213 g/mol. The molecule has 3 nitrogen and oxygen atoms in total. The van der Waals surface area contributed by atoms with Crippen LogP contribution >= 0.6 is 11.5 Å². The molecule has 1 heterocycles. The summed E-state index contributed by atoms with van der Waals surface area (Å²) in [4.78, 5) is 4.13. The van der Waals surface area contributed by atoms with Crippen molar-refractivity contribution in [3.63, 3.8) is 0 Å². The average molecular weight is 213 g/mol. The van der Waals surface area contributed by atoms with Gasteiger partial charge >= 0.3 is 0 Å². The van der Waals surface area contributed by atoms with Gasteiger partial charge in [0.25, 0.3) is 0 Å². The molecule has 0 aliphatic heterocycles. The second kappa shape index (κ2) is 6.76. The zero-order chi connectivity index (χ0) is 10.2. The van der Waals surface area contributed by atoms with Gasteiger partial charge in [-0.2, -0.15) is 4.37 Å². The predicted molar refractivity (Wildman–Crippen MR) is 61.4 cm³/mol. The fraction of sp³-hybridized carbons (Fsp3) is 0.800. The van der Waals surface area contributed by atoms with Gasteiger partial charge in [-0.1, -0.05) is 39.0 Å². The Kier molecular flexibility index (Phi) is 5.52. The van der Waals surface area contributed by atoms with Gasteiger partial charge < -0.3 is 5.73 Å². The van der Waals surface area contributed by atoms with Crippen molar-refractivity contribution in [3.05, 3.63) is 5.82 Å². The number of nitrogens with two attached hydrogens (primary N) is 1. The molecule has 0 radical (unpaired) electrons. The van der Waals surface area contributed by atoms with E-state index in [1.807, 2.05) is 0 Å². The van der Waals surface area contributed by atoms with Crippen LogP contribution in [0.2, 0.25) is 0 Å². The molecule has 14 heavy (non-hydrogen) atoms. The van der Waals surface area contributed by atoms with Crippen LogP contribution in [0.25, 0.3) is 0 Å². The fourth-order valence-electron chi connectivity index (χ4n) is 1.43. The molecule has 2 N–H and O–H groups in total. The van der Waals surface area contributed by atoms with Crippen molar-refractivity contribution in [2.75, 3.05) is 5.73 Å². The number of aryl methyl sites for hydroxylation is 1. The van der Waals surface area contributed by atoms with E-state index >= 15 is 0 Å². The average Bonchev–Trinajstić information content (AvgIpc) is 2.58. The van der Waals surface area contributed by atoms with E-state index in [1.54, 1.807) is 0 Å². The van der Waals surface area contributed by atoms with Crippen LogP contribution in [0.3, 0.4) is 0 Å². The lowest BCUT2D eigenvalue weighted by Gasteiger charge is -1.97. The van der Waals surface area contributed by atoms with Crippen LogP contribution in [0, 0.1) is 0 Å². The molecule has 0 aromatic carbocycles. The molecule has 0 amide bonds. The molecule has 4 heteroatoms. The van der Waals surface area contributed by atoms with Crippen molar-refractivity contribution < 1.29 is 0 Å². The minimum Gasteiger partial charge on any atom is -0.374 e. The SMILES string of the molecule is CCCCCCCCc1nsc(N)n1. The largest absolute Gasteiger partial charge is 0.374 e. The van der Waals surface area contributed by atoms with E-state index in [0.717, 1.165) is 12.2 Å². The first-order valence-corrected chi connectivity index (χ1v) is 6.18. The minimum absolute atomic E-state index is 0.589. The number of anilines is 1. The molecular weight excluding hydrogens is 194 g/mol. The molecule has 0 aliphatic carbocycles. The summed E-state index contributed by atoms with van der Waals surface area (Å²) in [5.41, 5.74) is 5.49. The van der Waals surface area contributed by atoms with E-state index in [-0.39, 0.29) is 0 Å². The molecule has 0 aliphatic rings. The van der Waals surface area contributed by atoms with Crippen molar-refractivity contribution in [1.82, 2.24) is 9.36 Å². The summed E-state index contributed by atoms with van der Waals surface area (Å²) in [5.74, 6) is 0.919. The second-order valence-corrected chi connectivity index (χ2v) is 4.35. The van der Waals surface area contributed by atoms with E-state index < -0.39 is 0 Å². The molecule has 0 saturated heterocycles. The van der Waals surface area contributed by atoms with Gasteiger partial charge in [0.15, 0.2) is 5.13 Å². The lowest BCUT2D eigenvalue weighted by molar-refractivity contribution is 0.602. The number of aromatic nitrogens is 2. The maximum atomic E-state index is 5.49. The van der Waals surface area contributed by atoms with Crippen molar-refractivity contribution in [2.45, 2.75) is 51.9 Å². The number of unbranched alkanes of at least 4 members (excludes halogenated alkanes) is 5. The van der Waals surface area contributed by atoms with Crippen molar-refractivity contribution in [2.24, 2.45) is 0 Å². The van der Waals surface area contributed by atoms with Crippen LogP contribution in [0.5, 0.6) is 0 Å². The summed E-state index contributed by atoms with van der Waals surface area (Å²) < 4.78 is 4.16. The van der Waals surface area contributed by atoms with E-state index in [2.05, 4.69) is 16.3 Å². The van der Waals surface area contributed by atoms with Gasteiger partial charge in [0, 0.05) is 18.0 Å². The highest BCUT2D eigenvalue weighted by atomic mass is 32.1. The summed E-state index contributed by atoms with van der Waals surface area (Å²) in [6, 6.07) is 0. The highest BCUT2D eigenvalue weighted by Crippen LogP contribution is 2.10. The lowest BCUT2D eigenvalue weighted by Crippen LogP contribution is -1.90. The van der Waals surface area contributed by atoms with Gasteiger partial charge in [0.05, 0.1) is 0 Å². The molecule has 80 valence electrons. The maximum absolute atomic E-state index is 5.49. The van der Waals surface area contributed by atoms with Crippen LogP contribution in [0.1, 0.15) is 51.3 Å². The molecule has 0 spiro atoms. The van der Waals surface area contributed by atoms with Gasteiger partial charge in [-0.3, -0.25) is 0 Å². The number of hydrogen-bond acceptors (Lipinski definition) is 4. The van der Waals surface area contributed by atoms with E-state index in [1.165, 1.54) is 50.1 Å². The van der Waals surface area contributed by atoms with Crippen LogP contribution in [-0.2, 0) is 6.42 Å². The summed E-state index contributed by atoms with van der Waals surface area (Å²) in [6.07, 6.45) is 8.85. The fourth-order valence-corrected chi connectivity index (χ4v) is 1.91. The number of hydrogen-bond donors (Lipinski definition) is 1. The third-order valence-corrected chi connectivity index (χ3v) is 2.82. The molecular formula is C10H19N3S. The molecule has 1 aromatic rings. The predicted octanol–water partition coefficient (Wildman–Crippen LogP) is 3.02. The number of nitrogen functional groups attached to an aromatic ring is 1. The first-order valence-electron chi connectivity index (χ1n) is 5.41. The molecule has 0 unspecified atom stereocenters. The van der Waals surface area contributed by atoms with E-state index in [0.29, 0.717) is 5.13 Å². The Morgan fingerprint density at radius 2 is 1.86 bits per heavy atom. The van der Waals surface area contributed by atoms with Crippen molar-refractivity contribution in [1.29, 1.82) is 0 Å². The third kappa shape index (κ3) is 4.56. The van der Waals surface area contributed by atoms with Gasteiger partial charge in [-0.15, -0.1) is 0 Å². The standard InChI is InChI=1S/C10H19N3S/c1-2-3-4-5-6-7-8-9-12-10(11)14-13-9/h2-8H2,1H3,(H2,11,12,13). The summed E-state index contributed by atoms with van der Waals surface area (Å²) in [6.45, 7) is 2.24. The minimum atomic E-state index is 0.589. The lowest BCUT2D eigenvalue weighted by atomic mass is 10.1. The smallest absolute Gasteiger partial charge is 0.199 e. The van der Waals surface area contributed by atoms with Crippen LogP contribution in [-0.4, -0.2) is 9.36 Å². The zero-order valence-corrected chi connectivity index (χ0v) is 9.65. The number of nitrogens with zero attached hydrogens (tertiary/aromatic N) is 2. The first-order chi connectivity index (χ1) is 6.83. The first kappa shape index (κ1) is 11.4. The second-order valence-electron chi connectivity index (χ2n) is 3.57. The quantitative estimate of drug-likeness (QED) is 0.708. The van der Waals surface area contributed by atoms with Crippen molar-refractivity contribution >= 4 is 16.7 Å². The van der Waals surface area contributed by atoms with Crippen LogP contribution < -0.4 is 5.73 Å². The molecule has 1 aromatic heterocycles. The normalized spacial score (nSPS) is 10.6. The topological polar surface area (TPSA) is 51.8 Å². The Hall–Kier alpha value is -0.640. The van der Waals surface area contributed by atoms with Gasteiger partial charge in [0.1, 0.15) is 5.82 Å². The third-order valence-electron chi connectivity index (χ3n) is 2.24. The summed E-state index contributed by atoms with van der Waals surface area (Å²) in [7, 11) is 0. The van der Waals surface area contributed by atoms with E-state index in [9.17, 15) is 0 Å². The zero-order valence-electron chi connectivity index (χ0n) is 8.83. The highest BCUT2D eigenvalue weighted by molar-refractivity contribution is 7.09. The van der Waals surface area contributed by atoms with Gasteiger partial charge in [-0.05, 0) is 6.42 Å².